The molecule has 142 valence electrons. The first-order chi connectivity index (χ1) is 12.8. The monoisotopic (exact) mass is 364 g/mol. The minimum absolute atomic E-state index is 0.0949. The van der Waals surface area contributed by atoms with Gasteiger partial charge in [0.25, 0.3) is 0 Å². The molecule has 0 fully saturated rings. The highest BCUT2D eigenvalue weighted by Gasteiger charge is 2.25. The van der Waals surface area contributed by atoms with Crippen molar-refractivity contribution in [3.8, 4) is 0 Å². The fourth-order valence-electron chi connectivity index (χ4n) is 3.67. The number of amides is 2. The van der Waals surface area contributed by atoms with Crippen LogP contribution >= 0.6 is 0 Å². The molecule has 4 heteroatoms. The van der Waals surface area contributed by atoms with Gasteiger partial charge < -0.3 is 10.6 Å². The van der Waals surface area contributed by atoms with Crippen molar-refractivity contribution in [2.45, 2.75) is 51.9 Å². The molecule has 2 N–H and O–H groups in total. The van der Waals surface area contributed by atoms with Gasteiger partial charge in [-0.3, -0.25) is 9.59 Å². The lowest BCUT2D eigenvalue weighted by Crippen LogP contribution is -2.36. The number of fused-ring (bicyclic) bond motifs is 1. The fourth-order valence-corrected chi connectivity index (χ4v) is 3.67. The van der Waals surface area contributed by atoms with Crippen LogP contribution in [0.15, 0.2) is 42.5 Å². The summed E-state index contributed by atoms with van der Waals surface area (Å²) in [6.45, 7) is 7.27. The number of carbonyl (C=O) groups excluding carboxylic acids is 2. The maximum absolute atomic E-state index is 12.9. The Hall–Kier alpha value is -2.62. The molecule has 0 atom stereocenters. The van der Waals surface area contributed by atoms with Crippen molar-refractivity contribution in [2.75, 3.05) is 11.4 Å². The van der Waals surface area contributed by atoms with Gasteiger partial charge in [0.15, 0.2) is 0 Å². The van der Waals surface area contributed by atoms with Crippen LogP contribution in [0.2, 0.25) is 0 Å². The Morgan fingerprint density at radius 3 is 2.41 bits per heavy atom. The molecule has 2 amide bonds. The van der Waals surface area contributed by atoms with Gasteiger partial charge >= 0.3 is 0 Å². The molecule has 1 aliphatic rings. The van der Waals surface area contributed by atoms with E-state index in [0.29, 0.717) is 24.9 Å². The first-order valence-electron chi connectivity index (χ1n) is 9.59. The van der Waals surface area contributed by atoms with E-state index in [1.807, 2.05) is 11.0 Å². The molecule has 1 heterocycles. The van der Waals surface area contributed by atoms with Gasteiger partial charge in [0.05, 0.1) is 0 Å². The van der Waals surface area contributed by atoms with Gasteiger partial charge in [-0.25, -0.2) is 0 Å². The summed E-state index contributed by atoms with van der Waals surface area (Å²) in [6.07, 6.45) is 2.80. The molecule has 0 saturated carbocycles. The van der Waals surface area contributed by atoms with Gasteiger partial charge in [-0.1, -0.05) is 51.1 Å². The van der Waals surface area contributed by atoms with E-state index in [1.165, 1.54) is 11.1 Å². The van der Waals surface area contributed by atoms with E-state index < -0.39 is 5.91 Å². The van der Waals surface area contributed by atoms with Crippen molar-refractivity contribution < 1.29 is 9.59 Å². The van der Waals surface area contributed by atoms with E-state index in [0.717, 1.165) is 24.1 Å². The van der Waals surface area contributed by atoms with Crippen LogP contribution < -0.4 is 10.6 Å². The fraction of sp³-hybridized carbons (Fsp3) is 0.391. The van der Waals surface area contributed by atoms with E-state index in [4.69, 9.17) is 5.73 Å². The van der Waals surface area contributed by atoms with E-state index in [1.54, 1.807) is 12.1 Å². The van der Waals surface area contributed by atoms with Crippen LogP contribution in [0.4, 0.5) is 5.69 Å². The number of carbonyl (C=O) groups is 2. The van der Waals surface area contributed by atoms with Crippen LogP contribution in [0.25, 0.3) is 0 Å². The van der Waals surface area contributed by atoms with E-state index in [9.17, 15) is 9.59 Å². The largest absolute Gasteiger partial charge is 0.366 e. The quantitative estimate of drug-likeness (QED) is 0.891. The Morgan fingerprint density at radius 1 is 1.07 bits per heavy atom. The molecule has 4 nitrogen and oxygen atoms in total. The minimum Gasteiger partial charge on any atom is -0.366 e. The molecule has 1 aliphatic heterocycles. The number of nitrogens with zero attached hydrogens (tertiary/aromatic N) is 1. The summed E-state index contributed by atoms with van der Waals surface area (Å²) < 4.78 is 0. The topological polar surface area (TPSA) is 63.4 Å². The highest BCUT2D eigenvalue weighted by atomic mass is 16.2. The van der Waals surface area contributed by atoms with E-state index in [2.05, 4.69) is 45.0 Å². The average Bonchev–Trinajstić information content (AvgIpc) is 2.64. The zero-order valence-electron chi connectivity index (χ0n) is 16.4. The number of nitrogens with two attached hydrogens (primary N) is 1. The Balaban J connectivity index is 1.71. The minimum atomic E-state index is -0.430. The Morgan fingerprint density at radius 2 is 1.78 bits per heavy atom. The smallest absolute Gasteiger partial charge is 0.249 e. The third-order valence-corrected chi connectivity index (χ3v) is 5.26. The standard InChI is InChI=1S/C23H28N2O2/c1-23(2,3)17-12-9-16(10-13-17)11-14-21(26)25-15-5-7-18-19(22(24)27)6-4-8-20(18)25/h4,6,8-10,12-13H,5,7,11,14-15H2,1-3H3,(H2,24,27). The maximum Gasteiger partial charge on any atom is 0.249 e. The van der Waals surface area contributed by atoms with E-state index in [-0.39, 0.29) is 11.3 Å². The molecule has 27 heavy (non-hydrogen) atoms. The summed E-state index contributed by atoms with van der Waals surface area (Å²) in [5, 5.41) is 0. The molecule has 2 aromatic rings. The molecule has 0 radical (unpaired) electrons. The summed E-state index contributed by atoms with van der Waals surface area (Å²) >= 11 is 0. The molecule has 0 saturated heterocycles. The summed E-state index contributed by atoms with van der Waals surface area (Å²) in [5.74, 6) is -0.336. The number of primary amides is 1. The summed E-state index contributed by atoms with van der Waals surface area (Å²) in [7, 11) is 0. The van der Waals surface area contributed by atoms with Crippen LogP contribution in [0, 0.1) is 0 Å². The first-order valence-corrected chi connectivity index (χ1v) is 9.59. The number of rotatable bonds is 4. The van der Waals surface area contributed by atoms with Crippen molar-refractivity contribution in [3.05, 3.63) is 64.7 Å². The van der Waals surface area contributed by atoms with Gasteiger partial charge in [-0.15, -0.1) is 0 Å². The Bertz CT molecular complexity index is 848. The summed E-state index contributed by atoms with van der Waals surface area (Å²) in [6, 6.07) is 14.0. The highest BCUT2D eigenvalue weighted by molar-refractivity contribution is 6.00. The van der Waals surface area contributed by atoms with Crippen LogP contribution in [0.3, 0.4) is 0 Å². The normalized spacial score (nSPS) is 14.0. The summed E-state index contributed by atoms with van der Waals surface area (Å²) in [5.41, 5.74) is 10.4. The Kier molecular flexibility index (Phi) is 5.36. The number of benzene rings is 2. The lowest BCUT2D eigenvalue weighted by molar-refractivity contribution is -0.118. The first kappa shape index (κ1) is 19.2. The molecule has 0 aliphatic carbocycles. The number of aryl methyl sites for hydroxylation is 1. The SMILES string of the molecule is CC(C)(C)c1ccc(CCC(=O)N2CCCc3c(C(N)=O)cccc32)cc1. The van der Waals surface area contributed by atoms with Gasteiger partial charge in [0, 0.05) is 24.2 Å². The van der Waals surface area contributed by atoms with Crippen LogP contribution in [-0.2, 0) is 23.1 Å². The number of hydrogen-bond acceptors (Lipinski definition) is 2. The van der Waals surface area contributed by atoms with Crippen molar-refractivity contribution in [3.63, 3.8) is 0 Å². The molecule has 2 aromatic carbocycles. The zero-order valence-corrected chi connectivity index (χ0v) is 16.4. The van der Waals surface area contributed by atoms with Gasteiger partial charge in [0.2, 0.25) is 11.8 Å². The van der Waals surface area contributed by atoms with Gasteiger partial charge in [0.1, 0.15) is 0 Å². The molecule has 0 unspecified atom stereocenters. The third-order valence-electron chi connectivity index (χ3n) is 5.26. The molecule has 0 spiro atoms. The second-order valence-electron chi connectivity index (χ2n) is 8.26. The van der Waals surface area contributed by atoms with Crippen molar-refractivity contribution in [2.24, 2.45) is 5.73 Å². The van der Waals surface area contributed by atoms with Crippen LogP contribution in [-0.4, -0.2) is 18.4 Å². The van der Waals surface area contributed by atoms with E-state index >= 15 is 0 Å². The second-order valence-corrected chi connectivity index (χ2v) is 8.26. The number of hydrogen-bond donors (Lipinski definition) is 1. The maximum atomic E-state index is 12.9. The Labute approximate surface area is 161 Å². The second kappa shape index (κ2) is 7.55. The predicted octanol–water partition coefficient (Wildman–Crippen LogP) is 4.00. The molecular formula is C23H28N2O2. The molecule has 0 aromatic heterocycles. The molecular weight excluding hydrogens is 336 g/mol. The van der Waals surface area contributed by atoms with Crippen LogP contribution in [0.1, 0.15) is 60.7 Å². The van der Waals surface area contributed by atoms with Gasteiger partial charge in [-0.05, 0) is 53.5 Å². The third kappa shape index (κ3) is 4.21. The van der Waals surface area contributed by atoms with Crippen LogP contribution in [0.5, 0.6) is 0 Å². The van der Waals surface area contributed by atoms with Crippen molar-refractivity contribution in [1.82, 2.24) is 0 Å². The molecule has 3 rings (SSSR count). The van der Waals surface area contributed by atoms with Gasteiger partial charge in [-0.2, -0.15) is 0 Å². The molecule has 0 bridgehead atoms. The average molecular weight is 364 g/mol. The van der Waals surface area contributed by atoms with Crippen molar-refractivity contribution in [1.29, 1.82) is 0 Å². The predicted molar refractivity (Wildman–Crippen MR) is 109 cm³/mol. The highest BCUT2D eigenvalue weighted by Crippen LogP contribution is 2.30. The lowest BCUT2D eigenvalue weighted by Gasteiger charge is -2.30. The lowest BCUT2D eigenvalue weighted by atomic mass is 9.86. The zero-order chi connectivity index (χ0) is 19.6. The van der Waals surface area contributed by atoms with Crippen molar-refractivity contribution >= 4 is 17.5 Å². The number of anilines is 1. The summed E-state index contributed by atoms with van der Waals surface area (Å²) in [4.78, 5) is 26.3.